The maximum atomic E-state index is 12.8. The van der Waals surface area contributed by atoms with Gasteiger partial charge in [-0.1, -0.05) is 13.8 Å². The molecule has 2 aliphatic heterocycles. The first-order chi connectivity index (χ1) is 12.0. The van der Waals surface area contributed by atoms with Gasteiger partial charge < -0.3 is 14.5 Å². The first kappa shape index (κ1) is 17.8. The predicted molar refractivity (Wildman–Crippen MR) is 90.7 cm³/mol. The van der Waals surface area contributed by atoms with Crippen molar-refractivity contribution in [3.8, 4) is 0 Å². The average Bonchev–Trinajstić information content (AvgIpc) is 3.12. The Kier molecular flexibility index (Phi) is 5.36. The summed E-state index contributed by atoms with van der Waals surface area (Å²) in [7, 11) is 0. The number of hydrogen-bond donors (Lipinski definition) is 1. The van der Waals surface area contributed by atoms with Crippen LogP contribution in [0.1, 0.15) is 57.3 Å². The van der Waals surface area contributed by atoms with Crippen molar-refractivity contribution in [2.75, 3.05) is 32.8 Å². The maximum absolute atomic E-state index is 12.8. The van der Waals surface area contributed by atoms with E-state index in [0.717, 1.165) is 18.7 Å². The summed E-state index contributed by atoms with van der Waals surface area (Å²) in [5.74, 6) is 1.95. The molecule has 3 heterocycles. The maximum Gasteiger partial charge on any atom is 0.225 e. The Bertz CT molecular complexity index is 622. The lowest BCUT2D eigenvalue weighted by Crippen LogP contribution is -2.48. The van der Waals surface area contributed by atoms with Gasteiger partial charge in [0, 0.05) is 38.4 Å². The second-order valence-electron chi connectivity index (χ2n) is 7.16. The van der Waals surface area contributed by atoms with E-state index in [9.17, 15) is 9.59 Å². The average molecular weight is 349 g/mol. The first-order valence-corrected chi connectivity index (χ1v) is 9.03. The molecule has 2 amide bonds. The number of nitrogens with zero attached hydrogens (tertiary/aromatic N) is 4. The van der Waals surface area contributed by atoms with Crippen molar-refractivity contribution in [1.29, 1.82) is 0 Å². The summed E-state index contributed by atoms with van der Waals surface area (Å²) < 4.78 is 5.79. The van der Waals surface area contributed by atoms with Crippen LogP contribution in [0.3, 0.4) is 0 Å². The van der Waals surface area contributed by atoms with Crippen LogP contribution in [0.5, 0.6) is 0 Å². The molecule has 138 valence electrons. The van der Waals surface area contributed by atoms with Gasteiger partial charge in [0.25, 0.3) is 0 Å². The van der Waals surface area contributed by atoms with E-state index in [4.69, 9.17) is 4.74 Å². The molecule has 1 aromatic heterocycles. The number of piperidine rings is 1. The molecule has 1 aromatic rings. The molecule has 2 saturated heterocycles. The number of likely N-dealkylation sites (tertiary alicyclic amines) is 1. The molecule has 8 nitrogen and oxygen atoms in total. The van der Waals surface area contributed by atoms with E-state index >= 15 is 0 Å². The molecule has 3 rings (SSSR count). The largest absolute Gasteiger partial charge is 0.367 e. The molecule has 1 N–H and O–H groups in total. The van der Waals surface area contributed by atoms with Crippen LogP contribution in [0.25, 0.3) is 0 Å². The summed E-state index contributed by atoms with van der Waals surface area (Å²) in [6.07, 6.45) is 1.22. The highest BCUT2D eigenvalue weighted by Gasteiger charge is 2.33. The van der Waals surface area contributed by atoms with Gasteiger partial charge in [0.1, 0.15) is 6.10 Å². The zero-order chi connectivity index (χ0) is 18.0. The Labute approximate surface area is 147 Å². The van der Waals surface area contributed by atoms with Crippen molar-refractivity contribution in [2.45, 2.75) is 45.6 Å². The number of aromatic nitrogens is 3. The quantitative estimate of drug-likeness (QED) is 0.882. The molecule has 8 heteroatoms. The molecule has 0 saturated carbocycles. The SMILES string of the molecule is CC(=O)N1CCC(C(=O)N2CCO[C@@H](c3nc(C(C)C)n[nH]3)C2)CC1. The highest BCUT2D eigenvalue weighted by molar-refractivity contribution is 5.80. The summed E-state index contributed by atoms with van der Waals surface area (Å²) in [4.78, 5) is 32.4. The van der Waals surface area contributed by atoms with E-state index in [1.807, 2.05) is 23.6 Å². The number of H-pyrrole nitrogens is 1. The molecule has 0 unspecified atom stereocenters. The Hall–Kier alpha value is -1.96. The van der Waals surface area contributed by atoms with Crippen LogP contribution in [-0.2, 0) is 14.3 Å². The molecule has 0 aliphatic carbocycles. The molecular formula is C17H27N5O3. The second kappa shape index (κ2) is 7.51. The molecular weight excluding hydrogens is 322 g/mol. The highest BCUT2D eigenvalue weighted by Crippen LogP contribution is 2.25. The Balaban J connectivity index is 1.59. The van der Waals surface area contributed by atoms with Crippen molar-refractivity contribution in [1.82, 2.24) is 25.0 Å². The number of hydrogen-bond acceptors (Lipinski definition) is 5. The topological polar surface area (TPSA) is 91.4 Å². The van der Waals surface area contributed by atoms with E-state index in [1.54, 1.807) is 6.92 Å². The van der Waals surface area contributed by atoms with Crippen LogP contribution < -0.4 is 0 Å². The van der Waals surface area contributed by atoms with Crippen molar-refractivity contribution in [3.05, 3.63) is 11.6 Å². The number of rotatable bonds is 3. The minimum atomic E-state index is -0.255. The van der Waals surface area contributed by atoms with Gasteiger partial charge in [-0.25, -0.2) is 4.98 Å². The Morgan fingerprint density at radius 2 is 1.92 bits per heavy atom. The van der Waals surface area contributed by atoms with E-state index in [2.05, 4.69) is 15.2 Å². The molecule has 0 spiro atoms. The number of ether oxygens (including phenoxy) is 1. The number of carbonyl (C=O) groups excluding carboxylic acids is 2. The number of aromatic amines is 1. The molecule has 0 aromatic carbocycles. The van der Waals surface area contributed by atoms with E-state index in [0.29, 0.717) is 38.6 Å². The normalized spacial score (nSPS) is 22.5. The minimum absolute atomic E-state index is 0.00435. The third-order valence-corrected chi connectivity index (χ3v) is 5.01. The second-order valence-corrected chi connectivity index (χ2v) is 7.16. The van der Waals surface area contributed by atoms with Crippen molar-refractivity contribution < 1.29 is 14.3 Å². The molecule has 2 aliphatic rings. The fraction of sp³-hybridized carbons (Fsp3) is 0.765. The van der Waals surface area contributed by atoms with Crippen LogP contribution in [0.4, 0.5) is 0 Å². The summed E-state index contributed by atoms with van der Waals surface area (Å²) >= 11 is 0. The van der Waals surface area contributed by atoms with Gasteiger partial charge in [0.2, 0.25) is 11.8 Å². The van der Waals surface area contributed by atoms with Crippen LogP contribution in [-0.4, -0.2) is 69.6 Å². The lowest BCUT2D eigenvalue weighted by atomic mass is 9.95. The van der Waals surface area contributed by atoms with Gasteiger partial charge in [0.05, 0.1) is 13.2 Å². The number of morpholine rings is 1. The number of nitrogens with one attached hydrogen (secondary N) is 1. The van der Waals surface area contributed by atoms with Gasteiger partial charge in [-0.05, 0) is 12.8 Å². The number of amides is 2. The predicted octanol–water partition coefficient (Wildman–Crippen LogP) is 1.09. The minimum Gasteiger partial charge on any atom is -0.367 e. The zero-order valence-electron chi connectivity index (χ0n) is 15.2. The van der Waals surface area contributed by atoms with Crippen LogP contribution in [0, 0.1) is 5.92 Å². The molecule has 0 radical (unpaired) electrons. The zero-order valence-corrected chi connectivity index (χ0v) is 15.2. The van der Waals surface area contributed by atoms with Crippen LogP contribution >= 0.6 is 0 Å². The molecule has 1 atom stereocenters. The van der Waals surface area contributed by atoms with Gasteiger partial charge in [-0.15, -0.1) is 0 Å². The summed E-state index contributed by atoms with van der Waals surface area (Å²) in [5.41, 5.74) is 0. The lowest BCUT2D eigenvalue weighted by Gasteiger charge is -2.37. The first-order valence-electron chi connectivity index (χ1n) is 9.03. The molecule has 25 heavy (non-hydrogen) atoms. The summed E-state index contributed by atoms with van der Waals surface area (Å²) in [6, 6.07) is 0. The van der Waals surface area contributed by atoms with Gasteiger partial charge in [0.15, 0.2) is 11.6 Å². The summed E-state index contributed by atoms with van der Waals surface area (Å²) in [6.45, 7) is 8.60. The Morgan fingerprint density at radius 3 is 2.52 bits per heavy atom. The standard InChI is InChI=1S/C17H27N5O3/c1-11(2)15-18-16(20-19-15)14-10-22(8-9-25-14)17(24)13-4-6-21(7-5-13)12(3)23/h11,13-14H,4-10H2,1-3H3,(H,18,19,20)/t14-/m1/s1. The van der Waals surface area contributed by atoms with Crippen LogP contribution in [0.15, 0.2) is 0 Å². The van der Waals surface area contributed by atoms with E-state index < -0.39 is 0 Å². The van der Waals surface area contributed by atoms with E-state index in [-0.39, 0.29) is 29.8 Å². The lowest BCUT2D eigenvalue weighted by molar-refractivity contribution is -0.146. The van der Waals surface area contributed by atoms with Gasteiger partial charge in [-0.3, -0.25) is 14.7 Å². The summed E-state index contributed by atoms with van der Waals surface area (Å²) in [5, 5.41) is 7.16. The van der Waals surface area contributed by atoms with Gasteiger partial charge >= 0.3 is 0 Å². The monoisotopic (exact) mass is 349 g/mol. The van der Waals surface area contributed by atoms with Crippen LogP contribution in [0.2, 0.25) is 0 Å². The molecule has 0 bridgehead atoms. The fourth-order valence-corrected chi connectivity index (χ4v) is 3.40. The highest BCUT2D eigenvalue weighted by atomic mass is 16.5. The number of carbonyl (C=O) groups is 2. The third kappa shape index (κ3) is 4.00. The third-order valence-electron chi connectivity index (χ3n) is 5.01. The van der Waals surface area contributed by atoms with Crippen molar-refractivity contribution in [2.24, 2.45) is 5.92 Å². The molecule has 2 fully saturated rings. The Morgan fingerprint density at radius 1 is 1.20 bits per heavy atom. The van der Waals surface area contributed by atoms with Crippen molar-refractivity contribution >= 4 is 11.8 Å². The van der Waals surface area contributed by atoms with Gasteiger partial charge in [-0.2, -0.15) is 5.10 Å². The van der Waals surface area contributed by atoms with E-state index in [1.165, 1.54) is 0 Å². The fourth-order valence-electron chi connectivity index (χ4n) is 3.40. The smallest absolute Gasteiger partial charge is 0.225 e. The van der Waals surface area contributed by atoms with Crippen molar-refractivity contribution in [3.63, 3.8) is 0 Å².